The van der Waals surface area contributed by atoms with Crippen LogP contribution in [0.3, 0.4) is 0 Å². The summed E-state index contributed by atoms with van der Waals surface area (Å²) in [5, 5.41) is 0. The lowest BCUT2D eigenvalue weighted by atomic mass is 9.67. The molecule has 96 valence electrons. The van der Waals surface area contributed by atoms with Crippen molar-refractivity contribution in [3.8, 4) is 0 Å². The standard InChI is InChI=1S/C16H22N2/c1-10-12(3)16(18,13(4)11(2)15(10)17)14-8-6-5-7-9-14/h5-9,12H,17-18H2,1-4H3. The van der Waals surface area contributed by atoms with Gasteiger partial charge in [0.05, 0.1) is 5.54 Å². The molecule has 0 saturated carbocycles. The van der Waals surface area contributed by atoms with Crippen LogP contribution in [0.4, 0.5) is 0 Å². The average Bonchev–Trinajstić information content (AvgIpc) is 2.42. The van der Waals surface area contributed by atoms with E-state index in [1.54, 1.807) is 0 Å². The molecule has 0 aromatic heterocycles. The maximum Gasteiger partial charge on any atom is 0.0693 e. The second-order valence-electron chi connectivity index (χ2n) is 5.30. The van der Waals surface area contributed by atoms with Gasteiger partial charge in [0.1, 0.15) is 0 Å². The zero-order valence-electron chi connectivity index (χ0n) is 11.6. The van der Waals surface area contributed by atoms with Crippen LogP contribution in [0.25, 0.3) is 0 Å². The molecule has 1 aromatic carbocycles. The molecular formula is C16H22N2. The monoisotopic (exact) mass is 242 g/mol. The maximum absolute atomic E-state index is 6.76. The summed E-state index contributed by atoms with van der Waals surface area (Å²) in [5.41, 5.74) is 18.0. The molecule has 0 aliphatic heterocycles. The Morgan fingerprint density at radius 3 is 2.17 bits per heavy atom. The summed E-state index contributed by atoms with van der Waals surface area (Å²) in [4.78, 5) is 0. The van der Waals surface area contributed by atoms with Crippen LogP contribution in [-0.2, 0) is 5.54 Å². The highest BCUT2D eigenvalue weighted by molar-refractivity contribution is 5.50. The Morgan fingerprint density at radius 1 is 1.06 bits per heavy atom. The van der Waals surface area contributed by atoms with Crippen molar-refractivity contribution in [1.29, 1.82) is 0 Å². The second-order valence-corrected chi connectivity index (χ2v) is 5.30. The average molecular weight is 242 g/mol. The van der Waals surface area contributed by atoms with Crippen molar-refractivity contribution >= 4 is 0 Å². The molecule has 2 unspecified atom stereocenters. The quantitative estimate of drug-likeness (QED) is 0.795. The fraction of sp³-hybridized carbons (Fsp3) is 0.375. The smallest absolute Gasteiger partial charge is 0.0693 e. The molecule has 0 saturated heterocycles. The van der Waals surface area contributed by atoms with E-state index < -0.39 is 5.54 Å². The SMILES string of the molecule is CC1=C(C)C(N)(c2ccccc2)C(C)C(C)=C1N. The topological polar surface area (TPSA) is 52.0 Å². The normalized spacial score (nSPS) is 28.8. The van der Waals surface area contributed by atoms with Crippen molar-refractivity contribution in [2.45, 2.75) is 33.2 Å². The molecular weight excluding hydrogens is 220 g/mol. The van der Waals surface area contributed by atoms with E-state index in [0.717, 1.165) is 16.8 Å². The Kier molecular flexibility index (Phi) is 3.07. The Balaban J connectivity index is 2.66. The van der Waals surface area contributed by atoms with E-state index >= 15 is 0 Å². The third kappa shape index (κ3) is 1.60. The van der Waals surface area contributed by atoms with Gasteiger partial charge in [0.2, 0.25) is 0 Å². The predicted octanol–water partition coefficient (Wildman–Crippen LogP) is 3.06. The summed E-state index contributed by atoms with van der Waals surface area (Å²) in [6, 6.07) is 10.3. The fourth-order valence-corrected chi connectivity index (χ4v) is 2.89. The highest BCUT2D eigenvalue weighted by Crippen LogP contribution is 2.44. The molecule has 0 heterocycles. The summed E-state index contributed by atoms with van der Waals surface area (Å²) < 4.78 is 0. The van der Waals surface area contributed by atoms with Crippen molar-refractivity contribution < 1.29 is 0 Å². The molecule has 1 aliphatic rings. The lowest BCUT2D eigenvalue weighted by Crippen LogP contribution is -2.47. The van der Waals surface area contributed by atoms with E-state index in [1.807, 2.05) is 18.2 Å². The summed E-state index contributed by atoms with van der Waals surface area (Å²) >= 11 is 0. The molecule has 4 N–H and O–H groups in total. The zero-order chi connectivity index (χ0) is 13.5. The zero-order valence-corrected chi connectivity index (χ0v) is 11.6. The minimum Gasteiger partial charge on any atom is -0.399 e. The van der Waals surface area contributed by atoms with Crippen LogP contribution in [0.1, 0.15) is 33.3 Å². The predicted molar refractivity (Wildman–Crippen MR) is 76.7 cm³/mol. The second kappa shape index (κ2) is 4.29. The van der Waals surface area contributed by atoms with Gasteiger partial charge in [-0.3, -0.25) is 0 Å². The van der Waals surface area contributed by atoms with Crippen molar-refractivity contribution in [1.82, 2.24) is 0 Å². The molecule has 1 aliphatic carbocycles. The molecule has 0 spiro atoms. The summed E-state index contributed by atoms with van der Waals surface area (Å²) in [7, 11) is 0. The number of rotatable bonds is 1. The molecule has 2 rings (SSSR count). The molecule has 0 amide bonds. The van der Waals surface area contributed by atoms with Crippen LogP contribution in [0.15, 0.2) is 52.7 Å². The van der Waals surface area contributed by atoms with Crippen LogP contribution in [0.2, 0.25) is 0 Å². The van der Waals surface area contributed by atoms with Gasteiger partial charge in [-0.2, -0.15) is 0 Å². The van der Waals surface area contributed by atoms with Gasteiger partial charge in [-0.15, -0.1) is 0 Å². The Morgan fingerprint density at radius 2 is 1.61 bits per heavy atom. The highest BCUT2D eigenvalue weighted by Gasteiger charge is 2.41. The molecule has 18 heavy (non-hydrogen) atoms. The Hall–Kier alpha value is -1.54. The van der Waals surface area contributed by atoms with Crippen LogP contribution in [-0.4, -0.2) is 0 Å². The first kappa shape index (κ1) is 12.9. The summed E-state index contributed by atoms with van der Waals surface area (Å²) in [6.07, 6.45) is 0. The third-order valence-corrected chi connectivity index (χ3v) is 4.60. The van der Waals surface area contributed by atoms with E-state index in [-0.39, 0.29) is 5.92 Å². The van der Waals surface area contributed by atoms with Gasteiger partial charge in [0.15, 0.2) is 0 Å². The first-order valence-corrected chi connectivity index (χ1v) is 6.39. The Bertz CT molecular complexity index is 525. The molecule has 0 fully saturated rings. The summed E-state index contributed by atoms with van der Waals surface area (Å²) in [6.45, 7) is 8.40. The molecule has 2 nitrogen and oxygen atoms in total. The van der Waals surface area contributed by atoms with E-state index in [4.69, 9.17) is 11.5 Å². The van der Waals surface area contributed by atoms with Crippen molar-refractivity contribution in [3.63, 3.8) is 0 Å². The van der Waals surface area contributed by atoms with Gasteiger partial charge < -0.3 is 11.5 Å². The first-order chi connectivity index (χ1) is 8.40. The largest absolute Gasteiger partial charge is 0.399 e. The van der Waals surface area contributed by atoms with Crippen LogP contribution < -0.4 is 11.5 Å². The maximum atomic E-state index is 6.76. The fourth-order valence-electron chi connectivity index (χ4n) is 2.89. The number of allylic oxidation sites excluding steroid dienone is 1. The van der Waals surface area contributed by atoms with Crippen LogP contribution >= 0.6 is 0 Å². The van der Waals surface area contributed by atoms with Gasteiger partial charge in [0, 0.05) is 11.6 Å². The lowest BCUT2D eigenvalue weighted by Gasteiger charge is -2.42. The lowest BCUT2D eigenvalue weighted by molar-refractivity contribution is 0.380. The first-order valence-electron chi connectivity index (χ1n) is 6.39. The van der Waals surface area contributed by atoms with E-state index in [9.17, 15) is 0 Å². The van der Waals surface area contributed by atoms with Gasteiger partial charge in [-0.1, -0.05) is 37.3 Å². The molecule has 2 atom stereocenters. The van der Waals surface area contributed by atoms with E-state index in [1.165, 1.54) is 11.1 Å². The minimum atomic E-state index is -0.446. The van der Waals surface area contributed by atoms with Gasteiger partial charge in [0.25, 0.3) is 0 Å². The molecule has 2 heteroatoms. The van der Waals surface area contributed by atoms with Crippen LogP contribution in [0, 0.1) is 5.92 Å². The summed E-state index contributed by atoms with van der Waals surface area (Å²) in [5.74, 6) is 0.212. The number of hydrogen-bond acceptors (Lipinski definition) is 2. The van der Waals surface area contributed by atoms with Gasteiger partial charge in [-0.05, 0) is 43.1 Å². The van der Waals surface area contributed by atoms with Crippen LogP contribution in [0.5, 0.6) is 0 Å². The third-order valence-electron chi connectivity index (χ3n) is 4.60. The van der Waals surface area contributed by atoms with E-state index in [2.05, 4.69) is 39.8 Å². The van der Waals surface area contributed by atoms with Crippen molar-refractivity contribution in [3.05, 3.63) is 58.3 Å². The van der Waals surface area contributed by atoms with E-state index in [0.29, 0.717) is 0 Å². The number of benzene rings is 1. The van der Waals surface area contributed by atoms with Gasteiger partial charge in [-0.25, -0.2) is 0 Å². The number of hydrogen-bond donors (Lipinski definition) is 2. The molecule has 0 radical (unpaired) electrons. The Labute approximate surface area is 109 Å². The van der Waals surface area contributed by atoms with Gasteiger partial charge >= 0.3 is 0 Å². The number of nitrogens with two attached hydrogens (primary N) is 2. The molecule has 0 bridgehead atoms. The minimum absolute atomic E-state index is 0.212. The van der Waals surface area contributed by atoms with Crippen molar-refractivity contribution in [2.75, 3.05) is 0 Å². The molecule has 1 aromatic rings. The highest BCUT2D eigenvalue weighted by atomic mass is 14.8. The van der Waals surface area contributed by atoms with Crippen molar-refractivity contribution in [2.24, 2.45) is 17.4 Å².